The minimum atomic E-state index is -2.79. The van der Waals surface area contributed by atoms with Gasteiger partial charge in [0.2, 0.25) is 0 Å². The second-order valence-corrected chi connectivity index (χ2v) is 6.76. The van der Waals surface area contributed by atoms with Crippen LogP contribution in [0.1, 0.15) is 21.5 Å². The normalized spacial score (nSPS) is 11.1. The number of carbonyl (C=O) groups excluding carboxylic acids is 1. The third-order valence-corrected chi connectivity index (χ3v) is 4.81. The second kappa shape index (κ2) is 7.21. The third kappa shape index (κ3) is 3.38. The Hall–Kier alpha value is -2.57. The predicted octanol–water partition coefficient (Wildman–Crippen LogP) is 4.25. The van der Waals surface area contributed by atoms with Gasteiger partial charge >= 0.3 is 5.69 Å². The Labute approximate surface area is 163 Å². The maximum absolute atomic E-state index is 13.5. The van der Waals surface area contributed by atoms with E-state index in [1.165, 1.54) is 12.1 Å². The molecular formula is C17H8BrClF3N3O2. The summed E-state index contributed by atoms with van der Waals surface area (Å²) in [6, 6.07) is 6.27. The molecule has 0 saturated carbocycles. The summed E-state index contributed by atoms with van der Waals surface area (Å²) < 4.78 is 39.9. The summed E-state index contributed by atoms with van der Waals surface area (Å²) in [4.78, 5) is 27.2. The lowest BCUT2D eigenvalue weighted by molar-refractivity contribution is 0.103. The van der Waals surface area contributed by atoms with Crippen LogP contribution in [-0.4, -0.2) is 21.8 Å². The number of H-pyrrole nitrogens is 1. The fourth-order valence-corrected chi connectivity index (χ4v) is 3.52. The number of aromatic amines is 1. The molecule has 3 aromatic rings. The summed E-state index contributed by atoms with van der Waals surface area (Å²) in [5, 5.41) is 9.51. The second-order valence-electron chi connectivity index (χ2n) is 5.50. The monoisotopic (exact) mass is 457 g/mol. The van der Waals surface area contributed by atoms with E-state index in [-0.39, 0.29) is 37.2 Å². The number of hydrogen-bond donors (Lipinski definition) is 1. The quantitative estimate of drug-likeness (QED) is 0.594. The molecule has 0 aliphatic rings. The van der Waals surface area contributed by atoms with Crippen LogP contribution in [0.4, 0.5) is 13.2 Å². The van der Waals surface area contributed by atoms with Gasteiger partial charge < -0.3 is 4.98 Å². The molecule has 0 saturated heterocycles. The first kappa shape index (κ1) is 19.2. The number of nitrogens with one attached hydrogen (secondary N) is 1. The first-order chi connectivity index (χ1) is 12.7. The van der Waals surface area contributed by atoms with Gasteiger partial charge in [-0.25, -0.2) is 18.0 Å². The first-order valence-electron chi connectivity index (χ1n) is 7.37. The molecule has 0 spiro atoms. The molecule has 0 atom stereocenters. The van der Waals surface area contributed by atoms with Crippen LogP contribution < -0.4 is 5.69 Å². The molecule has 27 heavy (non-hydrogen) atoms. The predicted molar refractivity (Wildman–Crippen MR) is 95.8 cm³/mol. The van der Waals surface area contributed by atoms with Crippen LogP contribution in [-0.2, 0) is 6.54 Å². The standard InChI is InChI=1S/C17H8BrClF3N3O2/c18-10-4-12-15(24-17(27)25(12)6-13(21)22)9(5-23)14(10)16(26)8-3-7(20)1-2-11(8)19/h1-4,13H,6H2,(H,24,27). The van der Waals surface area contributed by atoms with E-state index in [0.717, 1.165) is 16.7 Å². The number of benzene rings is 2. The Morgan fingerprint density at radius 2 is 2.07 bits per heavy atom. The molecule has 1 aromatic heterocycles. The Balaban J connectivity index is 2.30. The average molecular weight is 459 g/mol. The summed E-state index contributed by atoms with van der Waals surface area (Å²) in [5.74, 6) is -1.46. The van der Waals surface area contributed by atoms with Crippen molar-refractivity contribution in [3.05, 3.63) is 66.8 Å². The molecule has 0 bridgehead atoms. The maximum atomic E-state index is 13.5. The number of aromatic nitrogens is 2. The minimum absolute atomic E-state index is 0.0268. The molecule has 0 unspecified atom stereocenters. The van der Waals surface area contributed by atoms with Gasteiger partial charge in [0.25, 0.3) is 6.43 Å². The van der Waals surface area contributed by atoms with Gasteiger partial charge in [-0.3, -0.25) is 9.36 Å². The van der Waals surface area contributed by atoms with E-state index >= 15 is 0 Å². The van der Waals surface area contributed by atoms with Gasteiger partial charge in [-0.1, -0.05) is 11.6 Å². The zero-order valence-electron chi connectivity index (χ0n) is 13.2. The number of carbonyl (C=O) groups is 1. The molecular weight excluding hydrogens is 451 g/mol. The van der Waals surface area contributed by atoms with Crippen LogP contribution in [0, 0.1) is 17.1 Å². The SMILES string of the molecule is N#Cc1c(C(=O)c2cc(F)ccc2Cl)c(Br)cc2c1[nH]c(=O)n2CC(F)F. The maximum Gasteiger partial charge on any atom is 0.326 e. The van der Waals surface area contributed by atoms with Crippen LogP contribution >= 0.6 is 27.5 Å². The van der Waals surface area contributed by atoms with Gasteiger partial charge in [0.15, 0.2) is 5.78 Å². The van der Waals surface area contributed by atoms with Gasteiger partial charge in [-0.2, -0.15) is 5.26 Å². The average Bonchev–Trinajstić information content (AvgIpc) is 2.90. The van der Waals surface area contributed by atoms with Gasteiger partial charge in [0.05, 0.1) is 33.7 Å². The summed E-state index contributed by atoms with van der Waals surface area (Å²) in [7, 11) is 0. The van der Waals surface area contributed by atoms with E-state index in [2.05, 4.69) is 20.9 Å². The van der Waals surface area contributed by atoms with E-state index in [1.807, 2.05) is 0 Å². The van der Waals surface area contributed by atoms with Gasteiger partial charge in [0.1, 0.15) is 11.9 Å². The Morgan fingerprint density at radius 1 is 1.37 bits per heavy atom. The van der Waals surface area contributed by atoms with Crippen molar-refractivity contribution < 1.29 is 18.0 Å². The fraction of sp³-hybridized carbons (Fsp3) is 0.118. The highest BCUT2D eigenvalue weighted by atomic mass is 79.9. The minimum Gasteiger partial charge on any atom is -0.304 e. The molecule has 0 aliphatic carbocycles. The van der Waals surface area contributed by atoms with E-state index in [0.29, 0.717) is 0 Å². The number of rotatable bonds is 4. The van der Waals surface area contributed by atoms with Crippen molar-refractivity contribution in [1.82, 2.24) is 9.55 Å². The van der Waals surface area contributed by atoms with E-state index in [4.69, 9.17) is 11.6 Å². The van der Waals surface area contributed by atoms with Gasteiger partial charge in [0, 0.05) is 10.0 Å². The third-order valence-electron chi connectivity index (χ3n) is 3.86. The number of imidazole rings is 1. The highest BCUT2D eigenvalue weighted by molar-refractivity contribution is 9.10. The van der Waals surface area contributed by atoms with Gasteiger partial charge in [-0.05, 0) is 40.2 Å². The van der Waals surface area contributed by atoms with Crippen molar-refractivity contribution in [2.45, 2.75) is 13.0 Å². The molecule has 0 aliphatic heterocycles. The van der Waals surface area contributed by atoms with Crippen molar-refractivity contribution in [3.63, 3.8) is 0 Å². The van der Waals surface area contributed by atoms with E-state index in [1.54, 1.807) is 6.07 Å². The van der Waals surface area contributed by atoms with Crippen LogP contribution in [0.5, 0.6) is 0 Å². The topological polar surface area (TPSA) is 78.7 Å². The molecule has 0 fully saturated rings. The summed E-state index contributed by atoms with van der Waals surface area (Å²) in [5.41, 5.74) is -1.46. The van der Waals surface area contributed by atoms with Crippen LogP contribution in [0.25, 0.3) is 11.0 Å². The van der Waals surface area contributed by atoms with Gasteiger partial charge in [-0.15, -0.1) is 0 Å². The highest BCUT2D eigenvalue weighted by Gasteiger charge is 2.25. The first-order valence-corrected chi connectivity index (χ1v) is 8.54. The summed E-state index contributed by atoms with van der Waals surface area (Å²) >= 11 is 9.10. The van der Waals surface area contributed by atoms with Crippen LogP contribution in [0.15, 0.2) is 33.5 Å². The molecule has 138 valence electrons. The molecule has 3 rings (SSSR count). The number of alkyl halides is 2. The molecule has 0 radical (unpaired) electrons. The lowest BCUT2D eigenvalue weighted by Crippen LogP contribution is -2.20. The Bertz CT molecular complexity index is 1180. The number of nitriles is 1. The van der Waals surface area contributed by atoms with Crippen molar-refractivity contribution in [3.8, 4) is 6.07 Å². The molecule has 5 nitrogen and oxygen atoms in total. The zero-order chi connectivity index (χ0) is 19.9. The van der Waals surface area contributed by atoms with Crippen LogP contribution in [0.2, 0.25) is 5.02 Å². The number of hydrogen-bond acceptors (Lipinski definition) is 3. The summed E-state index contributed by atoms with van der Waals surface area (Å²) in [6.45, 7) is -0.876. The lowest BCUT2D eigenvalue weighted by atomic mass is 9.97. The molecule has 2 aromatic carbocycles. The smallest absolute Gasteiger partial charge is 0.304 e. The Morgan fingerprint density at radius 3 is 2.70 bits per heavy atom. The zero-order valence-corrected chi connectivity index (χ0v) is 15.5. The fourth-order valence-electron chi connectivity index (χ4n) is 2.72. The number of fused-ring (bicyclic) bond motifs is 1. The Kier molecular flexibility index (Phi) is 5.13. The van der Waals surface area contributed by atoms with Crippen molar-refractivity contribution in [2.24, 2.45) is 0 Å². The lowest BCUT2D eigenvalue weighted by Gasteiger charge is -2.10. The largest absolute Gasteiger partial charge is 0.326 e. The van der Waals surface area contributed by atoms with Crippen LogP contribution in [0.3, 0.4) is 0 Å². The highest BCUT2D eigenvalue weighted by Crippen LogP contribution is 2.31. The number of halogens is 5. The molecule has 10 heteroatoms. The summed E-state index contributed by atoms with van der Waals surface area (Å²) in [6.07, 6.45) is -2.79. The van der Waals surface area contributed by atoms with Crippen molar-refractivity contribution in [1.29, 1.82) is 5.26 Å². The van der Waals surface area contributed by atoms with E-state index in [9.17, 15) is 28.0 Å². The molecule has 1 heterocycles. The molecule has 1 N–H and O–H groups in total. The van der Waals surface area contributed by atoms with Crippen molar-refractivity contribution >= 4 is 44.3 Å². The number of nitrogens with zero attached hydrogens (tertiary/aromatic N) is 2. The van der Waals surface area contributed by atoms with E-state index < -0.39 is 30.3 Å². The molecule has 0 amide bonds. The van der Waals surface area contributed by atoms with Crippen molar-refractivity contribution in [2.75, 3.05) is 0 Å². The number of ketones is 1.